The maximum absolute atomic E-state index is 11.0. The number of non-ortho nitro benzene ring substituents is 1. The van der Waals surface area contributed by atoms with E-state index in [2.05, 4.69) is 0 Å². The number of nitrogens with zero attached hydrogens (tertiary/aromatic N) is 1. The van der Waals surface area contributed by atoms with Gasteiger partial charge in [-0.1, -0.05) is 12.1 Å². The van der Waals surface area contributed by atoms with Gasteiger partial charge >= 0.3 is 0 Å². The molecule has 0 aliphatic carbocycles. The predicted molar refractivity (Wildman–Crippen MR) is 85.8 cm³/mol. The second-order valence-corrected chi connectivity index (χ2v) is 5.31. The van der Waals surface area contributed by atoms with E-state index in [-0.39, 0.29) is 11.8 Å². The zero-order valence-corrected chi connectivity index (χ0v) is 13.3. The Hall–Kier alpha value is -2.80. The standard InChI is InChI=1S/C17H17NO6/c1-21-13-7-14(22-2)9-15(8-13)24-17(16-10-23-16)11-4-3-5-12(6-11)18(19)20/h3-9,16-17H,10H2,1-2H3/t16-,17+/m0/s1. The number of ether oxygens (including phenoxy) is 4. The van der Waals surface area contributed by atoms with Crippen LogP contribution >= 0.6 is 0 Å². The molecule has 1 fully saturated rings. The molecule has 0 unspecified atom stereocenters. The normalized spacial score (nSPS) is 17.0. The van der Waals surface area contributed by atoms with Crippen LogP contribution in [0.1, 0.15) is 11.7 Å². The summed E-state index contributed by atoms with van der Waals surface area (Å²) in [5, 5.41) is 11.0. The van der Waals surface area contributed by atoms with Crippen LogP contribution in [0.3, 0.4) is 0 Å². The second kappa shape index (κ2) is 6.76. The lowest BCUT2D eigenvalue weighted by atomic mass is 10.1. The topological polar surface area (TPSA) is 83.4 Å². The van der Waals surface area contributed by atoms with E-state index in [1.165, 1.54) is 12.1 Å². The molecule has 0 N–H and O–H groups in total. The number of methoxy groups -OCH3 is 2. The summed E-state index contributed by atoms with van der Waals surface area (Å²) in [6.07, 6.45) is -0.578. The Morgan fingerprint density at radius 3 is 2.29 bits per heavy atom. The number of hydrogen-bond acceptors (Lipinski definition) is 6. The molecule has 2 atom stereocenters. The first-order valence-electron chi connectivity index (χ1n) is 7.36. The lowest BCUT2D eigenvalue weighted by Crippen LogP contribution is -2.14. The zero-order valence-electron chi connectivity index (χ0n) is 13.3. The van der Waals surface area contributed by atoms with E-state index < -0.39 is 11.0 Å². The van der Waals surface area contributed by atoms with Gasteiger partial charge in [-0.3, -0.25) is 10.1 Å². The second-order valence-electron chi connectivity index (χ2n) is 5.31. The van der Waals surface area contributed by atoms with Crippen molar-refractivity contribution in [3.05, 3.63) is 58.1 Å². The fraction of sp³-hybridized carbons (Fsp3) is 0.294. The molecular weight excluding hydrogens is 314 g/mol. The van der Waals surface area contributed by atoms with Gasteiger partial charge in [0.1, 0.15) is 23.4 Å². The van der Waals surface area contributed by atoms with Crippen LogP contribution < -0.4 is 14.2 Å². The minimum absolute atomic E-state index is 0.0185. The summed E-state index contributed by atoms with van der Waals surface area (Å²) in [4.78, 5) is 10.6. The van der Waals surface area contributed by atoms with Crippen LogP contribution in [0.2, 0.25) is 0 Å². The van der Waals surface area contributed by atoms with Crippen molar-refractivity contribution in [1.29, 1.82) is 0 Å². The average molecular weight is 331 g/mol. The lowest BCUT2D eigenvalue weighted by molar-refractivity contribution is -0.385. The van der Waals surface area contributed by atoms with E-state index in [0.717, 1.165) is 0 Å². The third kappa shape index (κ3) is 3.57. The molecule has 1 aliphatic heterocycles. The van der Waals surface area contributed by atoms with Crippen LogP contribution in [0, 0.1) is 10.1 Å². The van der Waals surface area contributed by atoms with Crippen LogP contribution in [0.4, 0.5) is 5.69 Å². The van der Waals surface area contributed by atoms with Crippen molar-refractivity contribution in [2.24, 2.45) is 0 Å². The summed E-state index contributed by atoms with van der Waals surface area (Å²) in [5.74, 6) is 1.73. The molecule has 24 heavy (non-hydrogen) atoms. The van der Waals surface area contributed by atoms with E-state index in [4.69, 9.17) is 18.9 Å². The highest BCUT2D eigenvalue weighted by atomic mass is 16.6. The summed E-state index contributed by atoms with van der Waals surface area (Å²) >= 11 is 0. The van der Waals surface area contributed by atoms with E-state index in [9.17, 15) is 10.1 Å². The maximum atomic E-state index is 11.0. The molecular formula is C17H17NO6. The fourth-order valence-corrected chi connectivity index (χ4v) is 2.40. The molecule has 0 amide bonds. The molecule has 126 valence electrons. The first kappa shape index (κ1) is 16.1. The van der Waals surface area contributed by atoms with Crippen molar-refractivity contribution < 1.29 is 23.9 Å². The van der Waals surface area contributed by atoms with E-state index >= 15 is 0 Å². The van der Waals surface area contributed by atoms with Crippen LogP contribution in [0.5, 0.6) is 17.2 Å². The van der Waals surface area contributed by atoms with Gasteiger partial charge in [0.25, 0.3) is 5.69 Å². The summed E-state index contributed by atoms with van der Waals surface area (Å²) < 4.78 is 21.9. The number of benzene rings is 2. The average Bonchev–Trinajstić information content (AvgIpc) is 3.44. The van der Waals surface area contributed by atoms with Crippen LogP contribution in [-0.4, -0.2) is 31.9 Å². The molecule has 1 saturated heterocycles. The van der Waals surface area contributed by atoms with Gasteiger partial charge in [-0.2, -0.15) is 0 Å². The molecule has 1 heterocycles. The van der Waals surface area contributed by atoms with Gasteiger partial charge in [0.2, 0.25) is 0 Å². The molecule has 0 radical (unpaired) electrons. The maximum Gasteiger partial charge on any atom is 0.269 e. The van der Waals surface area contributed by atoms with Gasteiger partial charge < -0.3 is 18.9 Å². The van der Waals surface area contributed by atoms with Crippen molar-refractivity contribution in [2.45, 2.75) is 12.2 Å². The van der Waals surface area contributed by atoms with E-state index in [1.807, 2.05) is 0 Å². The van der Waals surface area contributed by atoms with Gasteiger partial charge in [0.15, 0.2) is 6.10 Å². The molecule has 2 aromatic rings. The van der Waals surface area contributed by atoms with Gasteiger partial charge in [0, 0.05) is 35.9 Å². The summed E-state index contributed by atoms with van der Waals surface area (Å²) in [5.41, 5.74) is 0.707. The van der Waals surface area contributed by atoms with Crippen molar-refractivity contribution in [1.82, 2.24) is 0 Å². The van der Waals surface area contributed by atoms with Crippen molar-refractivity contribution in [3.8, 4) is 17.2 Å². The van der Waals surface area contributed by atoms with Crippen LogP contribution in [-0.2, 0) is 4.74 Å². The van der Waals surface area contributed by atoms with E-state index in [1.54, 1.807) is 44.6 Å². The first-order chi connectivity index (χ1) is 11.6. The molecule has 0 bridgehead atoms. The third-order valence-electron chi connectivity index (χ3n) is 3.69. The lowest BCUT2D eigenvalue weighted by Gasteiger charge is -2.18. The minimum Gasteiger partial charge on any atom is -0.496 e. The zero-order chi connectivity index (χ0) is 17.1. The number of hydrogen-bond donors (Lipinski definition) is 0. The monoisotopic (exact) mass is 331 g/mol. The molecule has 2 aromatic carbocycles. The van der Waals surface area contributed by atoms with E-state index in [0.29, 0.717) is 29.4 Å². The first-order valence-corrected chi connectivity index (χ1v) is 7.36. The number of rotatable bonds is 7. The SMILES string of the molecule is COc1cc(OC)cc(O[C@H](c2cccc([N+](=O)[O-])c2)[C@@H]2CO2)c1. The van der Waals surface area contributed by atoms with Crippen molar-refractivity contribution >= 4 is 5.69 Å². The molecule has 7 nitrogen and oxygen atoms in total. The van der Waals surface area contributed by atoms with Crippen LogP contribution in [0.25, 0.3) is 0 Å². The number of nitro groups is 1. The van der Waals surface area contributed by atoms with Crippen molar-refractivity contribution in [3.63, 3.8) is 0 Å². The summed E-state index contributed by atoms with van der Waals surface area (Å²) in [7, 11) is 3.11. The molecule has 0 aromatic heterocycles. The Bertz CT molecular complexity index is 721. The largest absolute Gasteiger partial charge is 0.496 e. The van der Waals surface area contributed by atoms with Crippen molar-refractivity contribution in [2.75, 3.05) is 20.8 Å². The highest BCUT2D eigenvalue weighted by molar-refractivity contribution is 5.43. The summed E-state index contributed by atoms with van der Waals surface area (Å²) in [6.45, 7) is 0.550. The Balaban J connectivity index is 1.90. The molecule has 1 aliphatic rings. The van der Waals surface area contributed by atoms with Gasteiger partial charge in [-0.15, -0.1) is 0 Å². The van der Waals surface area contributed by atoms with Crippen LogP contribution in [0.15, 0.2) is 42.5 Å². The third-order valence-corrected chi connectivity index (χ3v) is 3.69. The Morgan fingerprint density at radius 1 is 1.12 bits per heavy atom. The Morgan fingerprint density at radius 2 is 1.75 bits per heavy atom. The molecule has 3 rings (SSSR count). The smallest absolute Gasteiger partial charge is 0.269 e. The highest BCUT2D eigenvalue weighted by Gasteiger charge is 2.36. The number of nitro benzene ring substituents is 1. The quantitative estimate of drug-likeness (QED) is 0.440. The predicted octanol–water partition coefficient (Wildman–Crippen LogP) is 3.13. The minimum atomic E-state index is -0.443. The fourth-order valence-electron chi connectivity index (χ4n) is 2.40. The summed E-state index contributed by atoms with van der Waals surface area (Å²) in [6, 6.07) is 11.6. The van der Waals surface area contributed by atoms with Gasteiger partial charge in [0.05, 0.1) is 25.7 Å². The highest BCUT2D eigenvalue weighted by Crippen LogP contribution is 2.36. The molecule has 0 saturated carbocycles. The Labute approximate surface area is 138 Å². The number of epoxide rings is 1. The molecule has 7 heteroatoms. The molecule has 0 spiro atoms. The van der Waals surface area contributed by atoms with Gasteiger partial charge in [-0.05, 0) is 0 Å². The Kier molecular flexibility index (Phi) is 4.52. The van der Waals surface area contributed by atoms with Gasteiger partial charge in [-0.25, -0.2) is 0 Å².